The van der Waals surface area contributed by atoms with E-state index in [1.807, 2.05) is 61.7 Å². The molecule has 1 amide bonds. The lowest BCUT2D eigenvalue weighted by atomic mass is 9.94. The molecule has 0 radical (unpaired) electrons. The van der Waals surface area contributed by atoms with Gasteiger partial charge in [0, 0.05) is 22.8 Å². The molecule has 38 heavy (non-hydrogen) atoms. The average molecular weight is 505 g/mol. The van der Waals surface area contributed by atoms with Gasteiger partial charge in [-0.25, -0.2) is 4.98 Å². The molecule has 3 heterocycles. The van der Waals surface area contributed by atoms with E-state index in [4.69, 9.17) is 5.73 Å². The summed E-state index contributed by atoms with van der Waals surface area (Å²) >= 11 is 0. The summed E-state index contributed by atoms with van der Waals surface area (Å²) in [6.45, 7) is 2.33. The lowest BCUT2D eigenvalue weighted by Gasteiger charge is -2.15. The first kappa shape index (κ1) is 23.4. The highest BCUT2D eigenvalue weighted by molar-refractivity contribution is 6.10. The van der Waals surface area contributed by atoms with Crippen molar-refractivity contribution in [2.45, 2.75) is 13.5 Å². The number of para-hydroxylation sites is 1. The van der Waals surface area contributed by atoms with E-state index >= 15 is 0 Å². The molecule has 0 aliphatic rings. The second-order valence-electron chi connectivity index (χ2n) is 9.10. The van der Waals surface area contributed by atoms with Crippen LogP contribution in [0.1, 0.15) is 15.9 Å². The van der Waals surface area contributed by atoms with Crippen LogP contribution in [-0.4, -0.2) is 41.9 Å². The number of nitrogens with one attached hydrogen (secondary N) is 1. The van der Waals surface area contributed by atoms with E-state index in [-0.39, 0.29) is 12.2 Å². The van der Waals surface area contributed by atoms with Gasteiger partial charge >= 0.3 is 0 Å². The largest absolute Gasteiger partial charge is 0.394 e. The van der Waals surface area contributed by atoms with Crippen LogP contribution in [-0.2, 0) is 6.54 Å². The molecule has 0 saturated heterocycles. The molecule has 0 aliphatic heterocycles. The number of aromatic amines is 1. The monoisotopic (exact) mass is 504 g/mol. The first-order chi connectivity index (χ1) is 18.5. The van der Waals surface area contributed by atoms with Crippen molar-refractivity contribution in [1.82, 2.24) is 24.3 Å². The number of aromatic nitrogens is 5. The first-order valence-corrected chi connectivity index (χ1v) is 12.1. The Morgan fingerprint density at radius 1 is 1.05 bits per heavy atom. The molecule has 6 rings (SSSR count). The molecule has 0 fully saturated rings. The van der Waals surface area contributed by atoms with E-state index in [1.54, 1.807) is 33.9 Å². The highest BCUT2D eigenvalue weighted by Gasteiger charge is 2.18. The van der Waals surface area contributed by atoms with Crippen LogP contribution in [0.3, 0.4) is 0 Å². The van der Waals surface area contributed by atoms with Gasteiger partial charge < -0.3 is 15.8 Å². The fourth-order valence-corrected chi connectivity index (χ4v) is 4.96. The molecule has 0 aliphatic carbocycles. The number of hydrogen-bond acceptors (Lipinski definition) is 5. The molecular weight excluding hydrogens is 480 g/mol. The van der Waals surface area contributed by atoms with Gasteiger partial charge in [-0.1, -0.05) is 30.3 Å². The minimum Gasteiger partial charge on any atom is -0.394 e. The van der Waals surface area contributed by atoms with Crippen molar-refractivity contribution in [3.63, 3.8) is 0 Å². The van der Waals surface area contributed by atoms with Gasteiger partial charge in [-0.15, -0.1) is 0 Å². The average Bonchev–Trinajstić information content (AvgIpc) is 3.57. The number of benzene rings is 3. The second-order valence-corrected chi connectivity index (χ2v) is 9.10. The lowest BCUT2D eigenvalue weighted by Crippen LogP contribution is -2.19. The number of rotatable bonds is 6. The van der Waals surface area contributed by atoms with Gasteiger partial charge in [0.05, 0.1) is 47.0 Å². The van der Waals surface area contributed by atoms with Crippen LogP contribution >= 0.6 is 0 Å². The number of nitrogens with two attached hydrogens (primary N) is 1. The molecule has 188 valence electrons. The summed E-state index contributed by atoms with van der Waals surface area (Å²) in [5.41, 5.74) is 12.2. The van der Waals surface area contributed by atoms with Gasteiger partial charge in [0.1, 0.15) is 6.33 Å². The standard InChI is InChI=1S/C29H24N6O3/c1-17-19(6-4-8-26(17)35-16-31-24-7-3-2-5-21(24)29(35)38)20-9-10-22(28(30)37)27-23(20)13-25(33-27)18-14-32-34(15-18)11-12-36/h2-10,13-16,33,36H,11-12H2,1H3,(H2,30,37). The van der Waals surface area contributed by atoms with Crippen LogP contribution in [0.15, 0.2) is 84.2 Å². The fourth-order valence-electron chi connectivity index (χ4n) is 4.96. The zero-order valence-electron chi connectivity index (χ0n) is 20.5. The number of fused-ring (bicyclic) bond motifs is 2. The number of amides is 1. The van der Waals surface area contributed by atoms with Crippen molar-refractivity contribution < 1.29 is 9.90 Å². The molecule has 4 N–H and O–H groups in total. The Bertz CT molecular complexity index is 1910. The number of aliphatic hydroxyl groups is 1. The SMILES string of the molecule is Cc1c(-c2ccc(C(N)=O)c3[nH]c(-c4cnn(CCO)c4)cc23)cccc1-n1cnc2ccccc2c1=O. The summed E-state index contributed by atoms with van der Waals surface area (Å²) in [6.07, 6.45) is 5.09. The molecule has 3 aromatic carbocycles. The number of carbonyl (C=O) groups is 1. The predicted octanol–water partition coefficient (Wildman–Crippen LogP) is 3.80. The molecular formula is C29H24N6O3. The maximum Gasteiger partial charge on any atom is 0.265 e. The smallest absolute Gasteiger partial charge is 0.265 e. The zero-order chi connectivity index (χ0) is 26.4. The molecule has 0 atom stereocenters. The lowest BCUT2D eigenvalue weighted by molar-refractivity contribution is 0.100. The minimum absolute atomic E-state index is 0.0186. The van der Waals surface area contributed by atoms with Crippen molar-refractivity contribution in [3.8, 4) is 28.1 Å². The van der Waals surface area contributed by atoms with Crippen LogP contribution in [0.25, 0.3) is 49.9 Å². The Balaban J connectivity index is 1.54. The van der Waals surface area contributed by atoms with Crippen molar-refractivity contribution in [3.05, 3.63) is 101 Å². The fraction of sp³-hybridized carbons (Fsp3) is 0.103. The number of hydrogen-bond donors (Lipinski definition) is 3. The number of primary amides is 1. The molecule has 0 saturated carbocycles. The molecule has 0 bridgehead atoms. The van der Waals surface area contributed by atoms with Crippen LogP contribution in [0.5, 0.6) is 0 Å². The third-order valence-corrected chi connectivity index (χ3v) is 6.85. The van der Waals surface area contributed by atoms with Crippen LogP contribution < -0.4 is 11.3 Å². The molecule has 9 heteroatoms. The highest BCUT2D eigenvalue weighted by atomic mass is 16.3. The van der Waals surface area contributed by atoms with E-state index in [0.717, 1.165) is 39.0 Å². The third-order valence-electron chi connectivity index (χ3n) is 6.85. The van der Waals surface area contributed by atoms with Gasteiger partial charge in [0.2, 0.25) is 0 Å². The molecule has 6 aromatic rings. The maximum atomic E-state index is 13.3. The summed E-state index contributed by atoms with van der Waals surface area (Å²) in [7, 11) is 0. The predicted molar refractivity (Wildman–Crippen MR) is 146 cm³/mol. The Hall–Kier alpha value is -5.02. The van der Waals surface area contributed by atoms with Gasteiger partial charge in [-0.3, -0.25) is 18.8 Å². The van der Waals surface area contributed by atoms with E-state index in [9.17, 15) is 14.7 Å². The first-order valence-electron chi connectivity index (χ1n) is 12.1. The summed E-state index contributed by atoms with van der Waals surface area (Å²) < 4.78 is 3.22. The molecule has 3 aromatic heterocycles. The van der Waals surface area contributed by atoms with Crippen LogP contribution in [0, 0.1) is 6.92 Å². The van der Waals surface area contributed by atoms with Crippen LogP contribution in [0.4, 0.5) is 0 Å². The number of nitrogens with zero attached hydrogens (tertiary/aromatic N) is 4. The van der Waals surface area contributed by atoms with Crippen molar-refractivity contribution in [2.75, 3.05) is 6.61 Å². The maximum absolute atomic E-state index is 13.3. The van der Waals surface area contributed by atoms with Gasteiger partial charge in [-0.2, -0.15) is 5.10 Å². The summed E-state index contributed by atoms with van der Waals surface area (Å²) in [4.78, 5) is 33.4. The van der Waals surface area contributed by atoms with Gasteiger partial charge in [0.25, 0.3) is 11.5 Å². The third kappa shape index (κ3) is 3.77. The molecule has 9 nitrogen and oxygen atoms in total. The Kier molecular flexibility index (Phi) is 5.62. The second kappa shape index (κ2) is 9.13. The quantitative estimate of drug-likeness (QED) is 0.317. The van der Waals surface area contributed by atoms with E-state index in [0.29, 0.717) is 28.5 Å². The van der Waals surface area contributed by atoms with Crippen molar-refractivity contribution >= 4 is 27.7 Å². The summed E-state index contributed by atoms with van der Waals surface area (Å²) in [5, 5.41) is 14.9. The number of H-pyrrole nitrogens is 1. The molecule has 0 spiro atoms. The Morgan fingerprint density at radius 3 is 2.71 bits per heavy atom. The normalized spacial score (nSPS) is 11.4. The summed E-state index contributed by atoms with van der Waals surface area (Å²) in [6, 6.07) is 18.6. The van der Waals surface area contributed by atoms with E-state index in [2.05, 4.69) is 15.1 Å². The summed E-state index contributed by atoms with van der Waals surface area (Å²) in [5.74, 6) is -0.537. The highest BCUT2D eigenvalue weighted by Crippen LogP contribution is 2.37. The van der Waals surface area contributed by atoms with Crippen molar-refractivity contribution in [1.29, 1.82) is 0 Å². The topological polar surface area (TPSA) is 132 Å². The Morgan fingerprint density at radius 2 is 1.89 bits per heavy atom. The van der Waals surface area contributed by atoms with Gasteiger partial charge in [-0.05, 0) is 53.9 Å². The van der Waals surface area contributed by atoms with E-state index < -0.39 is 5.91 Å². The van der Waals surface area contributed by atoms with Crippen LogP contribution in [0.2, 0.25) is 0 Å². The molecule has 0 unspecified atom stereocenters. The Labute approximate surface area is 216 Å². The minimum atomic E-state index is -0.537. The zero-order valence-corrected chi connectivity index (χ0v) is 20.5. The number of aliphatic hydroxyl groups excluding tert-OH is 1. The van der Waals surface area contributed by atoms with E-state index in [1.165, 1.54) is 0 Å². The van der Waals surface area contributed by atoms with Crippen molar-refractivity contribution in [2.24, 2.45) is 5.73 Å². The number of carbonyl (C=O) groups excluding carboxylic acids is 1. The van der Waals surface area contributed by atoms with Gasteiger partial charge in [0.15, 0.2) is 0 Å².